The fraction of sp³-hybridized carbons (Fsp3) is 0.706. The van der Waals surface area contributed by atoms with E-state index >= 15 is 0 Å². The lowest BCUT2D eigenvalue weighted by Gasteiger charge is -2.42. The monoisotopic (exact) mass is 289 g/mol. The molecule has 0 aromatic carbocycles. The zero-order chi connectivity index (χ0) is 14.5. The Morgan fingerprint density at radius 1 is 1.24 bits per heavy atom. The Hall–Kier alpha value is -0.970. The lowest BCUT2D eigenvalue weighted by atomic mass is 9.73. The average molecular weight is 289 g/mol. The second kappa shape index (κ2) is 6.86. The van der Waals surface area contributed by atoms with E-state index in [1.165, 1.54) is 12.0 Å². The molecular weight excluding hydrogens is 262 g/mol. The van der Waals surface area contributed by atoms with Gasteiger partial charge >= 0.3 is 0 Å². The van der Waals surface area contributed by atoms with Crippen LogP contribution in [0.5, 0.6) is 0 Å². The van der Waals surface area contributed by atoms with Gasteiger partial charge in [0.1, 0.15) is 0 Å². The number of piperazine rings is 1. The summed E-state index contributed by atoms with van der Waals surface area (Å²) in [6.45, 7) is 5.21. The van der Waals surface area contributed by atoms with Crippen LogP contribution in [0.25, 0.3) is 0 Å². The first kappa shape index (κ1) is 14.9. The molecule has 4 nitrogen and oxygen atoms in total. The van der Waals surface area contributed by atoms with E-state index in [-0.39, 0.29) is 5.92 Å². The summed E-state index contributed by atoms with van der Waals surface area (Å²) in [6, 6.07) is 4.12. The zero-order valence-corrected chi connectivity index (χ0v) is 12.8. The third-order valence-electron chi connectivity index (χ3n) is 5.11. The van der Waals surface area contributed by atoms with Gasteiger partial charge in [0.25, 0.3) is 0 Å². The van der Waals surface area contributed by atoms with Crippen molar-refractivity contribution in [2.24, 2.45) is 0 Å². The molecule has 2 N–H and O–H groups in total. The zero-order valence-electron chi connectivity index (χ0n) is 12.8. The Balaban J connectivity index is 1.80. The van der Waals surface area contributed by atoms with Crippen molar-refractivity contribution in [3.05, 3.63) is 30.1 Å². The van der Waals surface area contributed by atoms with Crippen LogP contribution in [0, 0.1) is 0 Å². The Morgan fingerprint density at radius 2 is 2.00 bits per heavy atom. The predicted octanol–water partition coefficient (Wildman–Crippen LogP) is 1.77. The van der Waals surface area contributed by atoms with Crippen LogP contribution in [-0.4, -0.2) is 53.3 Å². The van der Waals surface area contributed by atoms with E-state index in [0.29, 0.717) is 0 Å². The molecule has 3 rings (SSSR count). The highest BCUT2D eigenvalue weighted by molar-refractivity contribution is 5.20. The molecule has 1 saturated carbocycles. The highest BCUT2D eigenvalue weighted by Crippen LogP contribution is 2.40. The van der Waals surface area contributed by atoms with Crippen LogP contribution in [0.2, 0.25) is 0 Å². The van der Waals surface area contributed by atoms with Crippen molar-refractivity contribution >= 4 is 0 Å². The molecule has 1 unspecified atom stereocenters. The van der Waals surface area contributed by atoms with Gasteiger partial charge in [0, 0.05) is 51.0 Å². The standard InChI is InChI=1S/C17H27N3O/c21-17(6-2-1-3-7-17)16(15-5-4-8-19-13-15)14-20-11-9-18-10-12-20/h4-5,8,13,16,18,21H,1-3,6-7,9-12,14H2. The third-order valence-corrected chi connectivity index (χ3v) is 5.11. The summed E-state index contributed by atoms with van der Waals surface area (Å²) in [5.74, 6) is 0.185. The van der Waals surface area contributed by atoms with E-state index in [0.717, 1.165) is 58.4 Å². The van der Waals surface area contributed by atoms with Gasteiger partial charge < -0.3 is 15.3 Å². The molecule has 1 aromatic rings. The Bertz CT molecular complexity index is 425. The van der Waals surface area contributed by atoms with Crippen molar-refractivity contribution in [3.8, 4) is 0 Å². The third kappa shape index (κ3) is 3.62. The summed E-state index contributed by atoms with van der Waals surface area (Å²) in [5.41, 5.74) is 0.645. The normalized spacial score (nSPS) is 24.6. The highest BCUT2D eigenvalue weighted by atomic mass is 16.3. The number of hydrogen-bond acceptors (Lipinski definition) is 4. The van der Waals surface area contributed by atoms with Gasteiger partial charge in [-0.1, -0.05) is 25.3 Å². The number of pyridine rings is 1. The van der Waals surface area contributed by atoms with Crippen LogP contribution < -0.4 is 5.32 Å². The van der Waals surface area contributed by atoms with Crippen LogP contribution in [0.1, 0.15) is 43.6 Å². The number of aliphatic hydroxyl groups is 1. The van der Waals surface area contributed by atoms with Crippen molar-refractivity contribution in [3.63, 3.8) is 0 Å². The van der Waals surface area contributed by atoms with Crippen LogP contribution in [0.15, 0.2) is 24.5 Å². The van der Waals surface area contributed by atoms with Gasteiger partial charge in [0.05, 0.1) is 5.60 Å². The average Bonchev–Trinajstić information content (AvgIpc) is 2.55. The van der Waals surface area contributed by atoms with Crippen molar-refractivity contribution in [2.75, 3.05) is 32.7 Å². The van der Waals surface area contributed by atoms with Gasteiger partial charge in [0.2, 0.25) is 0 Å². The summed E-state index contributed by atoms with van der Waals surface area (Å²) in [7, 11) is 0. The highest BCUT2D eigenvalue weighted by Gasteiger charge is 2.39. The smallest absolute Gasteiger partial charge is 0.0728 e. The van der Waals surface area contributed by atoms with Gasteiger partial charge in [0.15, 0.2) is 0 Å². The van der Waals surface area contributed by atoms with Crippen LogP contribution in [-0.2, 0) is 0 Å². The molecule has 0 radical (unpaired) electrons. The molecule has 1 atom stereocenters. The van der Waals surface area contributed by atoms with Crippen LogP contribution >= 0.6 is 0 Å². The van der Waals surface area contributed by atoms with Gasteiger partial charge in [-0.2, -0.15) is 0 Å². The fourth-order valence-electron chi connectivity index (χ4n) is 3.83. The largest absolute Gasteiger partial charge is 0.389 e. The lowest BCUT2D eigenvalue weighted by molar-refractivity contribution is -0.0317. The Labute approximate surface area is 127 Å². The molecule has 2 aliphatic rings. The molecule has 2 fully saturated rings. The molecule has 0 amide bonds. The van der Waals surface area contributed by atoms with Gasteiger partial charge in [-0.05, 0) is 24.5 Å². The molecule has 1 aromatic heterocycles. The lowest BCUT2D eigenvalue weighted by Crippen LogP contribution is -2.49. The summed E-state index contributed by atoms with van der Waals surface area (Å²) in [5, 5.41) is 14.6. The first-order chi connectivity index (χ1) is 10.3. The molecule has 4 heteroatoms. The Kier molecular flexibility index (Phi) is 4.88. The van der Waals surface area contributed by atoms with Crippen LogP contribution in [0.3, 0.4) is 0 Å². The molecule has 21 heavy (non-hydrogen) atoms. The Morgan fingerprint density at radius 3 is 2.67 bits per heavy atom. The van der Waals surface area contributed by atoms with Gasteiger partial charge in [-0.3, -0.25) is 4.98 Å². The maximum absolute atomic E-state index is 11.2. The fourth-order valence-corrected chi connectivity index (χ4v) is 3.83. The molecule has 0 spiro atoms. The first-order valence-corrected chi connectivity index (χ1v) is 8.33. The second-order valence-corrected chi connectivity index (χ2v) is 6.55. The molecule has 1 aliphatic carbocycles. The van der Waals surface area contributed by atoms with E-state index in [2.05, 4.69) is 21.3 Å². The molecule has 1 aliphatic heterocycles. The summed E-state index contributed by atoms with van der Waals surface area (Å²) in [4.78, 5) is 6.77. The van der Waals surface area contributed by atoms with Crippen molar-refractivity contribution in [1.29, 1.82) is 0 Å². The quantitative estimate of drug-likeness (QED) is 0.887. The van der Waals surface area contributed by atoms with Gasteiger partial charge in [-0.25, -0.2) is 0 Å². The SMILES string of the molecule is OC1(C(CN2CCNCC2)c2cccnc2)CCCCC1. The van der Waals surface area contributed by atoms with E-state index < -0.39 is 5.60 Å². The predicted molar refractivity (Wildman–Crippen MR) is 84.3 cm³/mol. The number of aromatic nitrogens is 1. The van der Waals surface area contributed by atoms with Crippen molar-refractivity contribution in [1.82, 2.24) is 15.2 Å². The van der Waals surface area contributed by atoms with Gasteiger partial charge in [-0.15, -0.1) is 0 Å². The summed E-state index contributed by atoms with van der Waals surface area (Å²) in [6.07, 6.45) is 9.17. The topological polar surface area (TPSA) is 48.4 Å². The van der Waals surface area contributed by atoms with E-state index in [9.17, 15) is 5.11 Å². The molecule has 1 saturated heterocycles. The van der Waals surface area contributed by atoms with E-state index in [1.807, 2.05) is 18.5 Å². The molecule has 0 bridgehead atoms. The second-order valence-electron chi connectivity index (χ2n) is 6.55. The minimum absolute atomic E-state index is 0.185. The maximum atomic E-state index is 11.2. The molecular formula is C17H27N3O. The summed E-state index contributed by atoms with van der Waals surface area (Å²) >= 11 is 0. The van der Waals surface area contributed by atoms with E-state index in [4.69, 9.17) is 0 Å². The number of rotatable bonds is 4. The van der Waals surface area contributed by atoms with Crippen LogP contribution in [0.4, 0.5) is 0 Å². The number of hydrogen-bond donors (Lipinski definition) is 2. The maximum Gasteiger partial charge on any atom is 0.0728 e. The minimum Gasteiger partial charge on any atom is -0.389 e. The van der Waals surface area contributed by atoms with Crippen molar-refractivity contribution in [2.45, 2.75) is 43.6 Å². The molecule has 116 valence electrons. The number of nitrogens with zero attached hydrogens (tertiary/aromatic N) is 2. The van der Waals surface area contributed by atoms with Crippen molar-refractivity contribution < 1.29 is 5.11 Å². The first-order valence-electron chi connectivity index (χ1n) is 8.33. The molecule has 2 heterocycles. The van der Waals surface area contributed by atoms with E-state index in [1.54, 1.807) is 0 Å². The summed E-state index contributed by atoms with van der Waals surface area (Å²) < 4.78 is 0. The minimum atomic E-state index is -0.549. The number of nitrogens with one attached hydrogen (secondary N) is 1.